The van der Waals surface area contributed by atoms with Crippen molar-refractivity contribution in [2.75, 3.05) is 59.4 Å². The van der Waals surface area contributed by atoms with E-state index in [0.29, 0.717) is 28.5 Å². The second kappa shape index (κ2) is 11.5. The van der Waals surface area contributed by atoms with Gasteiger partial charge in [-0.3, -0.25) is 4.79 Å². The third-order valence-electron chi connectivity index (χ3n) is 7.07. The van der Waals surface area contributed by atoms with Crippen molar-refractivity contribution in [3.8, 4) is 0 Å². The van der Waals surface area contributed by atoms with Crippen LogP contribution in [0, 0.1) is 12.3 Å². The molecule has 4 rings (SSSR count). The summed E-state index contributed by atoms with van der Waals surface area (Å²) in [5.74, 6) is 1.49. The number of amides is 1. The molecule has 8 nitrogen and oxygen atoms in total. The molecule has 1 amide bonds. The highest BCUT2D eigenvalue weighted by Gasteiger charge is 2.41. The minimum atomic E-state index is -0.182. The summed E-state index contributed by atoms with van der Waals surface area (Å²) in [5.41, 5.74) is 3.80. The summed E-state index contributed by atoms with van der Waals surface area (Å²) in [7, 11) is 4.07. The number of carbonyl (C=O) groups is 1. The van der Waals surface area contributed by atoms with Gasteiger partial charge in [0.05, 0.1) is 17.9 Å². The second-order valence-electron chi connectivity index (χ2n) is 9.84. The van der Waals surface area contributed by atoms with E-state index in [1.807, 2.05) is 30.4 Å². The summed E-state index contributed by atoms with van der Waals surface area (Å²) in [6, 6.07) is 7.72. The first kappa shape index (κ1) is 25.6. The Bertz CT molecular complexity index is 1030. The minimum Gasteiger partial charge on any atom is -0.395 e. The van der Waals surface area contributed by atoms with Gasteiger partial charge in [-0.05, 0) is 74.6 Å². The SMILES string of the molecule is Cc1cc2nc(n1)NCCCCCC1(CCN(C)c3cc(N(C)SCCO)ccc3C(=O)N2)CC1. The van der Waals surface area contributed by atoms with Gasteiger partial charge in [-0.1, -0.05) is 12.8 Å². The number of fused-ring (bicyclic) bond motifs is 3. The lowest BCUT2D eigenvalue weighted by atomic mass is 9.94. The second-order valence-corrected chi connectivity index (χ2v) is 11.1. The van der Waals surface area contributed by atoms with Gasteiger partial charge >= 0.3 is 0 Å². The first-order chi connectivity index (χ1) is 16.9. The van der Waals surface area contributed by atoms with Crippen LogP contribution in [0.5, 0.6) is 0 Å². The Morgan fingerprint density at radius 1 is 1.14 bits per heavy atom. The van der Waals surface area contributed by atoms with Crippen LogP contribution in [-0.2, 0) is 0 Å². The van der Waals surface area contributed by atoms with Crippen LogP contribution >= 0.6 is 11.9 Å². The smallest absolute Gasteiger partial charge is 0.258 e. The zero-order valence-corrected chi connectivity index (χ0v) is 22.0. The van der Waals surface area contributed by atoms with Crippen LogP contribution in [0.3, 0.4) is 0 Å². The lowest BCUT2D eigenvalue weighted by Gasteiger charge is -2.27. The van der Waals surface area contributed by atoms with Gasteiger partial charge in [-0.2, -0.15) is 4.98 Å². The summed E-state index contributed by atoms with van der Waals surface area (Å²) in [4.78, 5) is 24.7. The van der Waals surface area contributed by atoms with E-state index in [4.69, 9.17) is 0 Å². The van der Waals surface area contributed by atoms with Crippen LogP contribution in [0.2, 0.25) is 0 Å². The molecule has 0 atom stereocenters. The maximum Gasteiger partial charge on any atom is 0.258 e. The molecule has 1 saturated carbocycles. The highest BCUT2D eigenvalue weighted by atomic mass is 32.2. The standard InChI is InChI=1S/C26H38N6O2S/c1-19-17-23-29-24(34)21-8-7-20(32(3)35-16-15-33)18-22(21)31(2)14-12-26(10-11-26)9-5-4-6-13-27-25(28-19)30-23/h7-8,17-18,33H,4-6,9-16H2,1-3H3,(H2,27,28,29,30,34). The number of aliphatic hydroxyl groups is 1. The van der Waals surface area contributed by atoms with Crippen LogP contribution in [0.15, 0.2) is 24.3 Å². The topological polar surface area (TPSA) is 93.6 Å². The van der Waals surface area contributed by atoms with Crippen molar-refractivity contribution in [3.05, 3.63) is 35.5 Å². The van der Waals surface area contributed by atoms with Crippen LogP contribution in [0.4, 0.5) is 23.1 Å². The molecule has 2 aromatic rings. The minimum absolute atomic E-state index is 0.125. The summed E-state index contributed by atoms with van der Waals surface area (Å²) >= 11 is 1.56. The summed E-state index contributed by atoms with van der Waals surface area (Å²) in [5, 5.41) is 15.5. The van der Waals surface area contributed by atoms with E-state index in [1.54, 1.807) is 18.0 Å². The lowest BCUT2D eigenvalue weighted by molar-refractivity contribution is 0.102. The maximum atomic E-state index is 13.4. The van der Waals surface area contributed by atoms with Gasteiger partial charge in [0.15, 0.2) is 0 Å². The molecule has 1 aromatic heterocycles. The molecule has 2 bridgehead atoms. The van der Waals surface area contributed by atoms with Crippen molar-refractivity contribution in [2.24, 2.45) is 5.41 Å². The molecule has 190 valence electrons. The molecule has 2 aliphatic rings. The number of rotatable bonds is 4. The van der Waals surface area contributed by atoms with E-state index in [1.165, 1.54) is 32.1 Å². The van der Waals surface area contributed by atoms with Crippen molar-refractivity contribution < 1.29 is 9.90 Å². The van der Waals surface area contributed by atoms with E-state index in [0.717, 1.165) is 43.0 Å². The number of aromatic nitrogens is 2. The van der Waals surface area contributed by atoms with Gasteiger partial charge in [0, 0.05) is 50.4 Å². The van der Waals surface area contributed by atoms with Crippen LogP contribution in [-0.4, -0.2) is 60.5 Å². The monoisotopic (exact) mass is 498 g/mol. The van der Waals surface area contributed by atoms with Crippen LogP contribution in [0.25, 0.3) is 0 Å². The summed E-state index contributed by atoms with van der Waals surface area (Å²) in [6.45, 7) is 3.78. The van der Waals surface area contributed by atoms with E-state index >= 15 is 0 Å². The Morgan fingerprint density at radius 2 is 1.97 bits per heavy atom. The highest BCUT2D eigenvalue weighted by Crippen LogP contribution is 2.53. The van der Waals surface area contributed by atoms with Crippen molar-refractivity contribution in [2.45, 2.75) is 51.9 Å². The molecule has 1 aromatic carbocycles. The molecule has 2 heterocycles. The number of aliphatic hydroxyl groups excluding tert-OH is 1. The van der Waals surface area contributed by atoms with Crippen molar-refractivity contribution >= 4 is 41.0 Å². The molecule has 1 aliphatic heterocycles. The Kier molecular flexibility index (Phi) is 8.38. The Hall–Kier alpha value is -2.52. The average molecular weight is 499 g/mol. The molecule has 1 fully saturated rings. The zero-order valence-electron chi connectivity index (χ0n) is 21.1. The third kappa shape index (κ3) is 6.79. The molecule has 0 saturated heterocycles. The first-order valence-corrected chi connectivity index (χ1v) is 13.6. The van der Waals surface area contributed by atoms with Crippen molar-refractivity contribution in [3.63, 3.8) is 0 Å². The Balaban J connectivity index is 1.64. The Morgan fingerprint density at radius 3 is 2.74 bits per heavy atom. The molecule has 1 spiro atoms. The van der Waals surface area contributed by atoms with Gasteiger partial charge in [-0.25, -0.2) is 4.98 Å². The molecule has 9 heteroatoms. The van der Waals surface area contributed by atoms with E-state index in [9.17, 15) is 9.90 Å². The van der Waals surface area contributed by atoms with Crippen LogP contribution in [0.1, 0.15) is 61.0 Å². The maximum absolute atomic E-state index is 13.4. The fourth-order valence-electron chi connectivity index (χ4n) is 4.70. The number of anilines is 4. The van der Waals surface area contributed by atoms with E-state index in [-0.39, 0.29) is 12.5 Å². The first-order valence-electron chi connectivity index (χ1n) is 12.6. The average Bonchev–Trinajstić information content (AvgIpc) is 3.62. The van der Waals surface area contributed by atoms with Crippen molar-refractivity contribution in [1.82, 2.24) is 9.97 Å². The van der Waals surface area contributed by atoms with Gasteiger partial charge in [-0.15, -0.1) is 0 Å². The number of nitrogens with one attached hydrogen (secondary N) is 2. The predicted octanol–water partition coefficient (Wildman–Crippen LogP) is 4.71. The van der Waals surface area contributed by atoms with E-state index in [2.05, 4.69) is 38.6 Å². The molecule has 3 N–H and O–H groups in total. The molecule has 1 aliphatic carbocycles. The lowest BCUT2D eigenvalue weighted by Crippen LogP contribution is -2.25. The zero-order chi connectivity index (χ0) is 24.8. The molecule has 0 unspecified atom stereocenters. The summed E-state index contributed by atoms with van der Waals surface area (Å²) in [6.07, 6.45) is 8.58. The van der Waals surface area contributed by atoms with E-state index < -0.39 is 0 Å². The number of aryl methyl sites for hydroxylation is 1. The summed E-state index contributed by atoms with van der Waals surface area (Å²) < 4.78 is 2.04. The largest absolute Gasteiger partial charge is 0.395 e. The number of hydrogen-bond acceptors (Lipinski definition) is 8. The van der Waals surface area contributed by atoms with Crippen LogP contribution < -0.4 is 19.8 Å². The number of benzene rings is 1. The molecule has 0 radical (unpaired) electrons. The van der Waals surface area contributed by atoms with Gasteiger partial charge in [0.1, 0.15) is 5.82 Å². The van der Waals surface area contributed by atoms with Crippen molar-refractivity contribution in [1.29, 1.82) is 0 Å². The Labute approximate surface area is 213 Å². The predicted molar refractivity (Wildman–Crippen MR) is 146 cm³/mol. The number of nitrogens with zero attached hydrogens (tertiary/aromatic N) is 4. The highest BCUT2D eigenvalue weighted by molar-refractivity contribution is 8.00. The third-order valence-corrected chi connectivity index (χ3v) is 8.04. The molecular weight excluding hydrogens is 460 g/mol. The number of carbonyl (C=O) groups excluding carboxylic acids is 1. The van der Waals surface area contributed by atoms with Gasteiger partial charge < -0.3 is 24.9 Å². The molecule has 35 heavy (non-hydrogen) atoms. The quantitative estimate of drug-likeness (QED) is 0.522. The fourth-order valence-corrected chi connectivity index (χ4v) is 5.32. The normalized spacial score (nSPS) is 18.3. The molecular formula is C26H38N6O2S. The fraction of sp³-hybridized carbons (Fsp3) is 0.577. The number of hydrogen-bond donors (Lipinski definition) is 3. The van der Waals surface area contributed by atoms with Gasteiger partial charge in [0.2, 0.25) is 5.95 Å². The van der Waals surface area contributed by atoms with Gasteiger partial charge in [0.25, 0.3) is 5.91 Å².